The predicted octanol–water partition coefficient (Wildman–Crippen LogP) is 4.10. The van der Waals surface area contributed by atoms with E-state index in [1.54, 1.807) is 42.5 Å². The van der Waals surface area contributed by atoms with Gasteiger partial charge in [0.25, 0.3) is 0 Å². The van der Waals surface area contributed by atoms with Crippen LogP contribution in [0.15, 0.2) is 64.6 Å². The van der Waals surface area contributed by atoms with Gasteiger partial charge in [-0.3, -0.25) is 0 Å². The Hall–Kier alpha value is -2.03. The number of thioether (sulfide) groups is 1. The highest BCUT2D eigenvalue weighted by Gasteiger charge is 2.20. The number of rotatable bonds is 9. The van der Waals surface area contributed by atoms with Crippen LogP contribution in [-0.4, -0.2) is 35.5 Å². The van der Waals surface area contributed by atoms with E-state index in [4.69, 9.17) is 16.3 Å². The van der Waals surface area contributed by atoms with Gasteiger partial charge < -0.3 is 9.30 Å². The molecule has 0 radical (unpaired) electrons. The number of nitrogens with zero attached hydrogens (tertiary/aromatic N) is 3. The van der Waals surface area contributed by atoms with Crippen molar-refractivity contribution in [1.82, 2.24) is 14.8 Å². The Bertz CT molecular complexity index is 1010. The monoisotopic (exact) mass is 437 g/mol. The lowest BCUT2D eigenvalue weighted by molar-refractivity contribution is 0.344. The average molecular weight is 438 g/mol. The Kier molecular flexibility index (Phi) is 6.98. The van der Waals surface area contributed by atoms with E-state index >= 15 is 0 Å². The summed E-state index contributed by atoms with van der Waals surface area (Å²) in [4.78, 5) is 0.284. The van der Waals surface area contributed by atoms with Crippen LogP contribution in [-0.2, 0) is 22.1 Å². The molecule has 3 aromatic rings. The number of sulfone groups is 1. The second-order valence-corrected chi connectivity index (χ2v) is 9.35. The van der Waals surface area contributed by atoms with E-state index < -0.39 is 9.84 Å². The van der Waals surface area contributed by atoms with Gasteiger partial charge in [-0.05, 0) is 43.3 Å². The molecule has 1 aromatic heterocycles. The second kappa shape index (κ2) is 9.45. The fourth-order valence-corrected chi connectivity index (χ4v) is 4.81. The molecule has 0 bridgehead atoms. The van der Waals surface area contributed by atoms with Crippen LogP contribution in [0.5, 0.6) is 5.75 Å². The van der Waals surface area contributed by atoms with Gasteiger partial charge in [0.05, 0.1) is 11.5 Å². The van der Waals surface area contributed by atoms with Crippen molar-refractivity contribution in [2.24, 2.45) is 0 Å². The SMILES string of the molecule is CCn1c(CS(=O)(=O)c2ccccc2)nnc1SCCOc1ccc(Cl)cc1. The van der Waals surface area contributed by atoms with Crippen molar-refractivity contribution >= 4 is 33.2 Å². The molecule has 6 nitrogen and oxygen atoms in total. The van der Waals surface area contributed by atoms with Crippen LogP contribution in [0.25, 0.3) is 0 Å². The molecule has 0 aliphatic rings. The quantitative estimate of drug-likeness (QED) is 0.370. The van der Waals surface area contributed by atoms with Crippen molar-refractivity contribution in [3.8, 4) is 5.75 Å². The molecule has 0 amide bonds. The number of hydrogen-bond acceptors (Lipinski definition) is 6. The molecule has 3 rings (SSSR count). The number of ether oxygens (including phenoxy) is 1. The molecule has 2 aromatic carbocycles. The molecule has 9 heteroatoms. The highest BCUT2D eigenvalue weighted by molar-refractivity contribution is 7.99. The zero-order valence-electron chi connectivity index (χ0n) is 15.3. The van der Waals surface area contributed by atoms with E-state index in [0.29, 0.717) is 34.9 Å². The van der Waals surface area contributed by atoms with Crippen molar-refractivity contribution in [2.75, 3.05) is 12.4 Å². The summed E-state index contributed by atoms with van der Waals surface area (Å²) in [5, 5.41) is 9.60. The minimum absolute atomic E-state index is 0.181. The molecule has 0 aliphatic carbocycles. The molecule has 0 spiro atoms. The first-order valence-electron chi connectivity index (χ1n) is 8.70. The molecule has 0 N–H and O–H groups in total. The third-order valence-electron chi connectivity index (χ3n) is 3.93. The number of hydrogen-bond donors (Lipinski definition) is 0. The first-order valence-corrected chi connectivity index (χ1v) is 11.7. The van der Waals surface area contributed by atoms with Crippen LogP contribution in [0.2, 0.25) is 5.02 Å². The second-order valence-electron chi connectivity index (χ2n) is 5.87. The lowest BCUT2D eigenvalue weighted by atomic mass is 10.3. The molecular weight excluding hydrogens is 418 g/mol. The summed E-state index contributed by atoms with van der Waals surface area (Å²) >= 11 is 7.33. The third-order valence-corrected chi connectivity index (χ3v) is 6.74. The van der Waals surface area contributed by atoms with Gasteiger partial charge in [0, 0.05) is 17.3 Å². The lowest BCUT2D eigenvalue weighted by Crippen LogP contribution is -2.11. The van der Waals surface area contributed by atoms with Gasteiger partial charge >= 0.3 is 0 Å². The van der Waals surface area contributed by atoms with Gasteiger partial charge in [0.2, 0.25) is 0 Å². The highest BCUT2D eigenvalue weighted by atomic mass is 35.5. The van der Waals surface area contributed by atoms with Crippen LogP contribution in [0.1, 0.15) is 12.7 Å². The van der Waals surface area contributed by atoms with Crippen LogP contribution >= 0.6 is 23.4 Å². The van der Waals surface area contributed by atoms with Gasteiger partial charge in [-0.1, -0.05) is 41.6 Å². The molecule has 0 aliphatic heterocycles. The van der Waals surface area contributed by atoms with Crippen molar-refractivity contribution < 1.29 is 13.2 Å². The Balaban J connectivity index is 1.61. The number of benzene rings is 2. The van der Waals surface area contributed by atoms with E-state index in [1.165, 1.54) is 11.8 Å². The van der Waals surface area contributed by atoms with Crippen LogP contribution in [0.4, 0.5) is 0 Å². The van der Waals surface area contributed by atoms with Crippen molar-refractivity contribution in [2.45, 2.75) is 29.3 Å². The molecule has 1 heterocycles. The summed E-state index contributed by atoms with van der Waals surface area (Å²) in [5.74, 6) is 1.66. The predicted molar refractivity (Wildman–Crippen MR) is 111 cm³/mol. The van der Waals surface area contributed by atoms with Crippen molar-refractivity contribution in [1.29, 1.82) is 0 Å². The van der Waals surface area contributed by atoms with Gasteiger partial charge in [0.15, 0.2) is 15.0 Å². The maximum atomic E-state index is 12.6. The topological polar surface area (TPSA) is 74.1 Å². The first-order chi connectivity index (χ1) is 13.5. The van der Waals surface area contributed by atoms with Crippen molar-refractivity contribution in [3.05, 3.63) is 65.4 Å². The standard InChI is InChI=1S/C19H20ClN3O3S2/c1-2-23-18(14-28(24,25)17-6-4-3-5-7-17)21-22-19(23)27-13-12-26-16-10-8-15(20)9-11-16/h3-11H,2,12-14H2,1H3. The summed E-state index contributed by atoms with van der Waals surface area (Å²) < 4.78 is 32.7. The zero-order valence-corrected chi connectivity index (χ0v) is 17.7. The summed E-state index contributed by atoms with van der Waals surface area (Å²) in [5.41, 5.74) is 0. The van der Waals surface area contributed by atoms with Gasteiger partial charge in [-0.15, -0.1) is 10.2 Å². The first kappa shape index (κ1) is 20.7. The molecule has 0 atom stereocenters. The third kappa shape index (κ3) is 5.27. The molecule has 28 heavy (non-hydrogen) atoms. The maximum Gasteiger partial charge on any atom is 0.191 e. The van der Waals surface area contributed by atoms with Crippen LogP contribution in [0.3, 0.4) is 0 Å². The fourth-order valence-electron chi connectivity index (χ4n) is 2.55. The largest absolute Gasteiger partial charge is 0.493 e. The fraction of sp³-hybridized carbons (Fsp3) is 0.263. The normalized spacial score (nSPS) is 11.5. The minimum atomic E-state index is -3.47. The molecule has 0 fully saturated rings. The smallest absolute Gasteiger partial charge is 0.191 e. The summed E-state index contributed by atoms with van der Waals surface area (Å²) in [6.07, 6.45) is 0. The molecule has 0 saturated heterocycles. The maximum absolute atomic E-state index is 12.6. The Morgan fingerprint density at radius 3 is 2.46 bits per heavy atom. The summed E-state index contributed by atoms with van der Waals surface area (Å²) in [6, 6.07) is 15.6. The van der Waals surface area contributed by atoms with Gasteiger partial charge in [-0.25, -0.2) is 8.42 Å². The van der Waals surface area contributed by atoms with E-state index in [1.807, 2.05) is 23.6 Å². The summed E-state index contributed by atoms with van der Waals surface area (Å²) in [6.45, 7) is 3.02. The average Bonchev–Trinajstić information content (AvgIpc) is 3.08. The number of aromatic nitrogens is 3. The number of halogens is 1. The van der Waals surface area contributed by atoms with Gasteiger partial charge in [-0.2, -0.15) is 0 Å². The molecular formula is C19H20ClN3O3S2. The summed E-state index contributed by atoms with van der Waals surface area (Å²) in [7, 11) is -3.47. The molecule has 0 saturated carbocycles. The molecule has 0 unspecified atom stereocenters. The van der Waals surface area contributed by atoms with Gasteiger partial charge in [0.1, 0.15) is 17.3 Å². The Labute approximate surface area is 173 Å². The lowest BCUT2D eigenvalue weighted by Gasteiger charge is -2.09. The Morgan fingerprint density at radius 2 is 1.79 bits per heavy atom. The highest BCUT2D eigenvalue weighted by Crippen LogP contribution is 2.21. The molecule has 148 valence electrons. The van der Waals surface area contributed by atoms with E-state index in [2.05, 4.69) is 10.2 Å². The zero-order chi connectivity index (χ0) is 20.0. The van der Waals surface area contributed by atoms with Crippen LogP contribution < -0.4 is 4.74 Å². The van der Waals surface area contributed by atoms with Crippen LogP contribution in [0, 0.1) is 0 Å². The Morgan fingerprint density at radius 1 is 1.07 bits per heavy atom. The van der Waals surface area contributed by atoms with E-state index in [9.17, 15) is 8.42 Å². The van der Waals surface area contributed by atoms with E-state index in [0.717, 1.165) is 5.75 Å². The van der Waals surface area contributed by atoms with Crippen molar-refractivity contribution in [3.63, 3.8) is 0 Å². The minimum Gasteiger partial charge on any atom is -0.493 e. The van der Waals surface area contributed by atoms with E-state index in [-0.39, 0.29) is 10.6 Å².